The first-order valence-electron chi connectivity index (χ1n) is 6.50. The van der Waals surface area contributed by atoms with Crippen LogP contribution in [0.15, 0.2) is 23.1 Å². The van der Waals surface area contributed by atoms with E-state index in [4.69, 9.17) is 9.84 Å². The lowest BCUT2D eigenvalue weighted by atomic mass is 10.2. The van der Waals surface area contributed by atoms with Crippen LogP contribution in [-0.2, 0) is 14.8 Å². The predicted octanol–water partition coefficient (Wildman–Crippen LogP) is 1.32. The number of ether oxygens (including phenoxy) is 1. The second kappa shape index (κ2) is 6.08. The topological polar surface area (TPSA) is 83.9 Å². The Kier molecular flexibility index (Phi) is 4.60. The van der Waals surface area contributed by atoms with Crippen molar-refractivity contribution in [3.8, 4) is 0 Å². The molecule has 1 aliphatic rings. The van der Waals surface area contributed by atoms with Gasteiger partial charge in [0.15, 0.2) is 0 Å². The van der Waals surface area contributed by atoms with Crippen molar-refractivity contribution in [3.05, 3.63) is 29.6 Å². The summed E-state index contributed by atoms with van der Waals surface area (Å²) in [5.41, 5.74) is -0.267. The summed E-state index contributed by atoms with van der Waals surface area (Å²) in [6.45, 7) is 2.41. The van der Waals surface area contributed by atoms with Crippen molar-refractivity contribution in [2.75, 3.05) is 19.8 Å². The Labute approximate surface area is 122 Å². The lowest BCUT2D eigenvalue weighted by Gasteiger charge is -2.34. The Morgan fingerprint density at radius 1 is 1.52 bits per heavy atom. The number of nitrogens with zero attached hydrogens (tertiary/aromatic N) is 1. The number of benzene rings is 1. The van der Waals surface area contributed by atoms with Gasteiger partial charge in [-0.3, -0.25) is 0 Å². The molecule has 116 valence electrons. The minimum absolute atomic E-state index is 0.123. The summed E-state index contributed by atoms with van der Waals surface area (Å²) < 4.78 is 45.5. The second-order valence-corrected chi connectivity index (χ2v) is 6.56. The average molecular weight is 317 g/mol. The molecule has 1 saturated heterocycles. The summed E-state index contributed by atoms with van der Waals surface area (Å²) in [5, 5.41) is 8.92. The first-order valence-corrected chi connectivity index (χ1v) is 7.94. The molecule has 0 spiro atoms. The molecule has 6 nitrogen and oxygen atoms in total. The van der Waals surface area contributed by atoms with Crippen molar-refractivity contribution in [2.45, 2.75) is 24.3 Å². The van der Waals surface area contributed by atoms with Gasteiger partial charge in [0.2, 0.25) is 10.0 Å². The predicted molar refractivity (Wildman–Crippen MR) is 72.1 cm³/mol. The summed E-state index contributed by atoms with van der Waals surface area (Å²) in [7, 11) is -4.09. The third-order valence-corrected chi connectivity index (χ3v) is 5.38. The van der Waals surface area contributed by atoms with E-state index in [1.165, 1.54) is 4.31 Å². The fraction of sp³-hybridized carbons (Fsp3) is 0.462. The molecule has 0 bridgehead atoms. The maximum Gasteiger partial charge on any atom is 0.335 e. The fourth-order valence-corrected chi connectivity index (χ4v) is 4.00. The lowest BCUT2D eigenvalue weighted by Crippen LogP contribution is -2.48. The molecule has 1 fully saturated rings. The molecule has 2 rings (SSSR count). The van der Waals surface area contributed by atoms with Gasteiger partial charge in [-0.05, 0) is 24.6 Å². The molecule has 0 aromatic heterocycles. The van der Waals surface area contributed by atoms with E-state index >= 15 is 0 Å². The molecule has 0 amide bonds. The van der Waals surface area contributed by atoms with E-state index in [-0.39, 0.29) is 31.4 Å². The average Bonchev–Trinajstić information content (AvgIpc) is 2.47. The highest BCUT2D eigenvalue weighted by Gasteiger charge is 2.35. The third kappa shape index (κ3) is 3.07. The second-order valence-electron chi connectivity index (χ2n) is 4.70. The zero-order chi connectivity index (χ0) is 15.6. The number of rotatable bonds is 4. The maximum absolute atomic E-state index is 13.9. The van der Waals surface area contributed by atoms with Crippen molar-refractivity contribution in [1.82, 2.24) is 4.31 Å². The van der Waals surface area contributed by atoms with E-state index in [1.54, 1.807) is 0 Å². The van der Waals surface area contributed by atoms with Gasteiger partial charge in [-0.25, -0.2) is 17.6 Å². The van der Waals surface area contributed by atoms with Gasteiger partial charge in [0, 0.05) is 12.6 Å². The molecule has 0 aliphatic carbocycles. The number of carboxylic acid groups (broad SMARTS) is 1. The molecule has 21 heavy (non-hydrogen) atoms. The van der Waals surface area contributed by atoms with Crippen LogP contribution in [0.4, 0.5) is 4.39 Å². The molecule has 1 aromatic carbocycles. The zero-order valence-electron chi connectivity index (χ0n) is 11.5. The Hall–Kier alpha value is -1.51. The molecule has 0 saturated carbocycles. The Morgan fingerprint density at radius 3 is 2.86 bits per heavy atom. The number of carboxylic acids is 1. The number of aromatic carboxylic acids is 1. The molecule has 1 aliphatic heterocycles. The van der Waals surface area contributed by atoms with Gasteiger partial charge in [-0.15, -0.1) is 0 Å². The summed E-state index contributed by atoms with van der Waals surface area (Å²) >= 11 is 0. The third-order valence-electron chi connectivity index (χ3n) is 3.41. The van der Waals surface area contributed by atoms with Gasteiger partial charge in [0.1, 0.15) is 10.7 Å². The van der Waals surface area contributed by atoms with E-state index in [1.807, 2.05) is 6.92 Å². The van der Waals surface area contributed by atoms with Crippen LogP contribution in [0.25, 0.3) is 0 Å². The van der Waals surface area contributed by atoms with Crippen molar-refractivity contribution in [3.63, 3.8) is 0 Å². The van der Waals surface area contributed by atoms with Crippen molar-refractivity contribution in [2.24, 2.45) is 0 Å². The van der Waals surface area contributed by atoms with Crippen LogP contribution in [0.2, 0.25) is 0 Å². The number of hydrogen-bond acceptors (Lipinski definition) is 4. The molecule has 8 heteroatoms. The lowest BCUT2D eigenvalue weighted by molar-refractivity contribution is 0.0313. The summed E-state index contributed by atoms with van der Waals surface area (Å²) in [6.07, 6.45) is 0.527. The van der Waals surface area contributed by atoms with E-state index in [0.717, 1.165) is 18.2 Å². The molecular formula is C13H16FNO5S. The van der Waals surface area contributed by atoms with Gasteiger partial charge in [-0.2, -0.15) is 4.31 Å². The van der Waals surface area contributed by atoms with Crippen LogP contribution in [-0.4, -0.2) is 49.6 Å². The van der Waals surface area contributed by atoms with Gasteiger partial charge in [0.05, 0.1) is 18.8 Å². The normalized spacial score (nSPS) is 20.4. The molecule has 1 unspecified atom stereocenters. The highest BCUT2D eigenvalue weighted by atomic mass is 32.2. The standard InChI is InChI=1S/C13H16FNO5S/c1-2-10-8-20-6-5-15(10)21(18,19)12-7-9(13(16)17)3-4-11(12)14/h3-4,7,10H,2,5-6,8H2,1H3,(H,16,17). The SMILES string of the molecule is CCC1COCCN1S(=O)(=O)c1cc(C(=O)O)ccc1F. The number of hydrogen-bond donors (Lipinski definition) is 1. The van der Waals surface area contributed by atoms with Crippen LogP contribution in [0.3, 0.4) is 0 Å². The summed E-state index contributed by atoms with van der Waals surface area (Å²) in [4.78, 5) is 10.3. The largest absolute Gasteiger partial charge is 0.478 e. The first kappa shape index (κ1) is 15.9. The maximum atomic E-state index is 13.9. The minimum Gasteiger partial charge on any atom is -0.478 e. The van der Waals surface area contributed by atoms with Gasteiger partial charge in [0.25, 0.3) is 0 Å². The van der Waals surface area contributed by atoms with Crippen molar-refractivity contribution in [1.29, 1.82) is 0 Å². The van der Waals surface area contributed by atoms with Crippen molar-refractivity contribution >= 4 is 16.0 Å². The van der Waals surface area contributed by atoms with Crippen LogP contribution in [0.5, 0.6) is 0 Å². The molecule has 1 atom stereocenters. The highest BCUT2D eigenvalue weighted by Crippen LogP contribution is 2.25. The first-order chi connectivity index (χ1) is 9.87. The zero-order valence-corrected chi connectivity index (χ0v) is 12.3. The molecule has 1 heterocycles. The van der Waals surface area contributed by atoms with E-state index in [0.29, 0.717) is 6.42 Å². The summed E-state index contributed by atoms with van der Waals surface area (Å²) in [5.74, 6) is -2.26. The van der Waals surface area contributed by atoms with Crippen LogP contribution in [0.1, 0.15) is 23.7 Å². The van der Waals surface area contributed by atoms with E-state index in [9.17, 15) is 17.6 Å². The number of sulfonamides is 1. The quantitative estimate of drug-likeness (QED) is 0.905. The molecule has 1 aromatic rings. The molecule has 1 N–H and O–H groups in total. The van der Waals surface area contributed by atoms with E-state index in [2.05, 4.69) is 0 Å². The number of carbonyl (C=O) groups is 1. The van der Waals surface area contributed by atoms with Gasteiger partial charge >= 0.3 is 5.97 Å². The molecular weight excluding hydrogens is 301 g/mol. The number of morpholine rings is 1. The molecule has 0 radical (unpaired) electrons. The van der Waals surface area contributed by atoms with Crippen molar-refractivity contribution < 1.29 is 27.4 Å². The Morgan fingerprint density at radius 2 is 2.24 bits per heavy atom. The van der Waals surface area contributed by atoms with Crippen LogP contribution >= 0.6 is 0 Å². The smallest absolute Gasteiger partial charge is 0.335 e. The Balaban J connectivity index is 2.47. The minimum atomic E-state index is -4.09. The van der Waals surface area contributed by atoms with Gasteiger partial charge in [-0.1, -0.05) is 6.92 Å². The Bertz CT molecular complexity index is 646. The monoisotopic (exact) mass is 317 g/mol. The van der Waals surface area contributed by atoms with Crippen LogP contribution in [0, 0.1) is 5.82 Å². The summed E-state index contributed by atoms with van der Waals surface area (Å²) in [6, 6.07) is 2.37. The number of halogens is 1. The van der Waals surface area contributed by atoms with E-state index < -0.39 is 26.7 Å². The van der Waals surface area contributed by atoms with Crippen LogP contribution < -0.4 is 0 Å². The fourth-order valence-electron chi connectivity index (χ4n) is 2.24. The van der Waals surface area contributed by atoms with Gasteiger partial charge < -0.3 is 9.84 Å². The highest BCUT2D eigenvalue weighted by molar-refractivity contribution is 7.89.